The number of nitrogens with zero attached hydrogens (tertiary/aromatic N) is 1. The molecule has 1 amide bonds. The molecule has 0 saturated carbocycles. The fourth-order valence-corrected chi connectivity index (χ4v) is 1.98. The highest BCUT2D eigenvalue weighted by Crippen LogP contribution is 2.29. The van der Waals surface area contributed by atoms with Crippen LogP contribution in [0.4, 0.5) is 13.2 Å². The smallest absolute Gasteiger partial charge is 0.416 e. The molecule has 0 aliphatic heterocycles. The lowest BCUT2D eigenvalue weighted by Gasteiger charge is -2.08. The lowest BCUT2D eigenvalue weighted by atomic mass is 10.1. The summed E-state index contributed by atoms with van der Waals surface area (Å²) in [6, 6.07) is 11.2. The molecule has 0 bridgehead atoms. The zero-order valence-electron chi connectivity index (χ0n) is 14.4. The fourth-order valence-electron chi connectivity index (χ4n) is 1.98. The minimum absolute atomic E-state index is 0.116. The van der Waals surface area contributed by atoms with Crippen molar-refractivity contribution in [3.05, 3.63) is 65.2 Å². The first-order valence-electron chi connectivity index (χ1n) is 7.99. The average molecular weight is 364 g/mol. The van der Waals surface area contributed by atoms with E-state index in [0.29, 0.717) is 18.1 Å². The number of benzene rings is 2. The van der Waals surface area contributed by atoms with Crippen LogP contribution in [-0.2, 0) is 6.18 Å². The van der Waals surface area contributed by atoms with Gasteiger partial charge in [0.1, 0.15) is 5.75 Å². The number of hydrogen-bond acceptors (Lipinski definition) is 3. The van der Waals surface area contributed by atoms with Crippen molar-refractivity contribution in [2.45, 2.75) is 20.0 Å². The Morgan fingerprint density at radius 1 is 1.19 bits per heavy atom. The molecule has 0 aliphatic carbocycles. The highest BCUT2D eigenvalue weighted by atomic mass is 19.4. The molecule has 0 atom stereocenters. The molecule has 0 aliphatic rings. The molecule has 1 N–H and O–H groups in total. The molecule has 2 aromatic carbocycles. The lowest BCUT2D eigenvalue weighted by molar-refractivity contribution is -0.137. The number of amides is 1. The summed E-state index contributed by atoms with van der Waals surface area (Å²) in [5.41, 5.74) is 1.93. The van der Waals surface area contributed by atoms with E-state index < -0.39 is 17.6 Å². The van der Waals surface area contributed by atoms with E-state index in [2.05, 4.69) is 10.5 Å². The maximum absolute atomic E-state index is 12.7. The van der Waals surface area contributed by atoms with Gasteiger partial charge in [-0.3, -0.25) is 4.79 Å². The summed E-state index contributed by atoms with van der Waals surface area (Å²) >= 11 is 0. The van der Waals surface area contributed by atoms with Crippen LogP contribution in [-0.4, -0.2) is 18.7 Å². The normalized spacial score (nSPS) is 11.8. The van der Waals surface area contributed by atoms with Crippen LogP contribution < -0.4 is 10.2 Å². The Morgan fingerprint density at radius 3 is 2.50 bits per heavy atom. The van der Waals surface area contributed by atoms with E-state index in [1.807, 2.05) is 13.8 Å². The topological polar surface area (TPSA) is 50.7 Å². The Morgan fingerprint density at radius 2 is 1.88 bits per heavy atom. The molecule has 2 rings (SSSR count). The Kier molecular flexibility index (Phi) is 6.38. The number of nitrogens with one attached hydrogen (secondary N) is 1. The third kappa shape index (κ3) is 5.91. The van der Waals surface area contributed by atoms with Gasteiger partial charge in [0, 0.05) is 5.56 Å². The van der Waals surface area contributed by atoms with Crippen molar-refractivity contribution in [3.63, 3.8) is 0 Å². The van der Waals surface area contributed by atoms with E-state index >= 15 is 0 Å². The summed E-state index contributed by atoms with van der Waals surface area (Å²) in [7, 11) is 0. The summed E-state index contributed by atoms with van der Waals surface area (Å²) in [5, 5.41) is 3.77. The highest BCUT2D eigenvalue weighted by Gasteiger charge is 2.30. The van der Waals surface area contributed by atoms with Gasteiger partial charge in [-0.15, -0.1) is 0 Å². The number of halogens is 3. The summed E-state index contributed by atoms with van der Waals surface area (Å²) in [6.45, 7) is 4.71. The van der Waals surface area contributed by atoms with Gasteiger partial charge in [-0.05, 0) is 53.9 Å². The number of ether oxygens (including phenoxy) is 1. The molecule has 2 aromatic rings. The van der Waals surface area contributed by atoms with Crippen LogP contribution in [0.5, 0.6) is 5.75 Å². The first-order chi connectivity index (χ1) is 12.3. The predicted octanol–water partition coefficient (Wildman–Crippen LogP) is 4.50. The maximum atomic E-state index is 12.7. The van der Waals surface area contributed by atoms with Gasteiger partial charge in [0.15, 0.2) is 0 Å². The van der Waals surface area contributed by atoms with Crippen molar-refractivity contribution in [2.75, 3.05) is 6.61 Å². The van der Waals surface area contributed by atoms with Crippen LogP contribution in [0.15, 0.2) is 53.6 Å². The number of carbonyl (C=O) groups is 1. The van der Waals surface area contributed by atoms with Gasteiger partial charge in [-0.2, -0.15) is 18.3 Å². The first kappa shape index (κ1) is 19.5. The van der Waals surface area contributed by atoms with E-state index in [-0.39, 0.29) is 5.56 Å². The molecule has 0 radical (unpaired) electrons. The molecule has 0 unspecified atom stereocenters. The second kappa shape index (κ2) is 8.51. The molecular weight excluding hydrogens is 345 g/mol. The third-order valence-electron chi connectivity index (χ3n) is 3.30. The Balaban J connectivity index is 1.94. The highest BCUT2D eigenvalue weighted by molar-refractivity contribution is 5.95. The summed E-state index contributed by atoms with van der Waals surface area (Å²) in [5.74, 6) is 0.426. The fraction of sp³-hybridized carbons (Fsp3) is 0.263. The van der Waals surface area contributed by atoms with Crippen molar-refractivity contribution < 1.29 is 22.7 Å². The van der Waals surface area contributed by atoms with Gasteiger partial charge in [0.05, 0.1) is 18.4 Å². The summed E-state index contributed by atoms with van der Waals surface area (Å²) < 4.78 is 43.5. The number of hydrazone groups is 1. The van der Waals surface area contributed by atoms with Gasteiger partial charge >= 0.3 is 6.18 Å². The zero-order valence-corrected chi connectivity index (χ0v) is 14.4. The van der Waals surface area contributed by atoms with Gasteiger partial charge in [0.2, 0.25) is 0 Å². The van der Waals surface area contributed by atoms with Gasteiger partial charge in [-0.25, -0.2) is 5.43 Å². The number of alkyl halides is 3. The molecule has 4 nitrogen and oxygen atoms in total. The van der Waals surface area contributed by atoms with Crippen LogP contribution in [0.25, 0.3) is 0 Å². The van der Waals surface area contributed by atoms with Crippen LogP contribution >= 0.6 is 0 Å². The third-order valence-corrected chi connectivity index (χ3v) is 3.30. The number of rotatable bonds is 6. The average Bonchev–Trinajstić information content (AvgIpc) is 2.60. The van der Waals surface area contributed by atoms with E-state index in [0.717, 1.165) is 17.9 Å². The number of carbonyl (C=O) groups excluding carboxylic acids is 1. The molecule has 138 valence electrons. The largest absolute Gasteiger partial charge is 0.493 e. The molecule has 0 fully saturated rings. The van der Waals surface area contributed by atoms with Gasteiger partial charge < -0.3 is 4.74 Å². The van der Waals surface area contributed by atoms with Crippen molar-refractivity contribution >= 4 is 12.1 Å². The van der Waals surface area contributed by atoms with E-state index in [1.54, 1.807) is 24.3 Å². The molecule has 0 aromatic heterocycles. The van der Waals surface area contributed by atoms with E-state index in [1.165, 1.54) is 18.3 Å². The lowest BCUT2D eigenvalue weighted by Crippen LogP contribution is -2.18. The minimum Gasteiger partial charge on any atom is -0.493 e. The molecule has 0 saturated heterocycles. The SMILES string of the molecule is CC(C)COc1ccc(/C=N\NC(=O)c2cccc(C(F)(F)F)c2)cc1. The standard InChI is InChI=1S/C19H19F3N2O2/c1-13(2)12-26-17-8-6-14(7-9-17)11-23-24-18(25)15-4-3-5-16(10-15)19(20,21)22/h3-11,13H,12H2,1-2H3,(H,24,25)/b23-11-. The maximum Gasteiger partial charge on any atom is 0.416 e. The van der Waals surface area contributed by atoms with E-state index in [4.69, 9.17) is 4.74 Å². The van der Waals surface area contributed by atoms with Crippen molar-refractivity contribution in [1.29, 1.82) is 0 Å². The molecule has 7 heteroatoms. The molecule has 26 heavy (non-hydrogen) atoms. The monoisotopic (exact) mass is 364 g/mol. The van der Waals surface area contributed by atoms with Crippen LogP contribution in [0, 0.1) is 5.92 Å². The molecule has 0 spiro atoms. The molecular formula is C19H19F3N2O2. The van der Waals surface area contributed by atoms with Crippen LogP contribution in [0.3, 0.4) is 0 Å². The summed E-state index contributed by atoms with van der Waals surface area (Å²) in [4.78, 5) is 11.9. The Bertz CT molecular complexity index is 769. The first-order valence-corrected chi connectivity index (χ1v) is 7.99. The van der Waals surface area contributed by atoms with Gasteiger partial charge in [0.25, 0.3) is 5.91 Å². The molecule has 0 heterocycles. The summed E-state index contributed by atoms with van der Waals surface area (Å²) in [6.07, 6.45) is -3.10. The quantitative estimate of drug-likeness (QED) is 0.606. The van der Waals surface area contributed by atoms with E-state index in [9.17, 15) is 18.0 Å². The second-order valence-corrected chi connectivity index (χ2v) is 6.05. The van der Waals surface area contributed by atoms with Crippen LogP contribution in [0.1, 0.15) is 35.3 Å². The van der Waals surface area contributed by atoms with Crippen molar-refractivity contribution in [2.24, 2.45) is 11.0 Å². The van der Waals surface area contributed by atoms with Crippen LogP contribution in [0.2, 0.25) is 0 Å². The Labute approximate surface area is 149 Å². The Hall–Kier alpha value is -2.83. The zero-order chi connectivity index (χ0) is 19.2. The van der Waals surface area contributed by atoms with Crippen molar-refractivity contribution in [1.82, 2.24) is 5.43 Å². The minimum atomic E-state index is -4.50. The van der Waals surface area contributed by atoms with Crippen molar-refractivity contribution in [3.8, 4) is 5.75 Å². The predicted molar refractivity (Wildman–Crippen MR) is 93.3 cm³/mol. The second-order valence-electron chi connectivity index (χ2n) is 6.05. The van der Waals surface area contributed by atoms with Gasteiger partial charge in [-0.1, -0.05) is 19.9 Å². The number of hydrogen-bond donors (Lipinski definition) is 1.